The Morgan fingerprint density at radius 1 is 1.55 bits per heavy atom. The van der Waals surface area contributed by atoms with Crippen LogP contribution in [0.1, 0.15) is 11.3 Å². The molecular formula is C12H11ClFN3O3. The quantitative estimate of drug-likeness (QED) is 0.493. The van der Waals surface area contributed by atoms with Crippen molar-refractivity contribution in [2.75, 3.05) is 0 Å². The second-order valence-electron chi connectivity index (χ2n) is 4.10. The first-order valence-electron chi connectivity index (χ1n) is 5.64. The lowest BCUT2D eigenvalue weighted by molar-refractivity contribution is -0.385. The van der Waals surface area contributed by atoms with Crippen molar-refractivity contribution in [3.63, 3.8) is 0 Å². The molecule has 6 nitrogen and oxygen atoms in total. The highest BCUT2D eigenvalue weighted by Crippen LogP contribution is 2.31. The summed E-state index contributed by atoms with van der Waals surface area (Å²) in [4.78, 5) is 9.87. The summed E-state index contributed by atoms with van der Waals surface area (Å²) >= 11 is 5.81. The largest absolute Gasteiger partial charge is 0.436 e. The van der Waals surface area contributed by atoms with E-state index >= 15 is 0 Å². The Bertz CT molecular complexity index is 672. The molecule has 0 atom stereocenters. The first kappa shape index (κ1) is 14.3. The number of hydrogen-bond acceptors (Lipinski definition) is 4. The topological polar surface area (TPSA) is 70.2 Å². The number of aromatic nitrogens is 2. The van der Waals surface area contributed by atoms with Gasteiger partial charge in [0.05, 0.1) is 28.1 Å². The van der Waals surface area contributed by atoms with E-state index in [1.54, 1.807) is 14.0 Å². The molecule has 0 aliphatic rings. The summed E-state index contributed by atoms with van der Waals surface area (Å²) in [5.41, 5.74) is 0.986. The predicted molar refractivity (Wildman–Crippen MR) is 70.6 cm³/mol. The van der Waals surface area contributed by atoms with Crippen molar-refractivity contribution in [3.8, 4) is 11.6 Å². The van der Waals surface area contributed by atoms with E-state index in [0.717, 1.165) is 6.07 Å². The highest BCUT2D eigenvalue weighted by molar-refractivity contribution is 6.17. The minimum absolute atomic E-state index is 0.120. The molecule has 0 N–H and O–H groups in total. The fraction of sp³-hybridized carbons (Fsp3) is 0.250. The summed E-state index contributed by atoms with van der Waals surface area (Å²) in [7, 11) is 1.64. The smallest absolute Gasteiger partial charge is 0.272 e. The monoisotopic (exact) mass is 299 g/mol. The van der Waals surface area contributed by atoms with E-state index in [1.165, 1.54) is 16.8 Å². The van der Waals surface area contributed by atoms with Crippen LogP contribution in [0.4, 0.5) is 10.1 Å². The van der Waals surface area contributed by atoms with Gasteiger partial charge in [-0.3, -0.25) is 10.1 Å². The molecule has 8 heteroatoms. The van der Waals surface area contributed by atoms with Crippen LogP contribution in [-0.4, -0.2) is 14.7 Å². The van der Waals surface area contributed by atoms with E-state index in [4.69, 9.17) is 16.3 Å². The van der Waals surface area contributed by atoms with Gasteiger partial charge in [0.25, 0.3) is 5.69 Å². The van der Waals surface area contributed by atoms with Crippen LogP contribution in [0.5, 0.6) is 11.6 Å². The lowest BCUT2D eigenvalue weighted by atomic mass is 10.2. The van der Waals surface area contributed by atoms with E-state index in [9.17, 15) is 14.5 Å². The van der Waals surface area contributed by atoms with Gasteiger partial charge in [0.15, 0.2) is 11.6 Å². The molecule has 2 aromatic rings. The molecule has 0 aliphatic carbocycles. The summed E-state index contributed by atoms with van der Waals surface area (Å²) < 4.78 is 20.7. The van der Waals surface area contributed by atoms with Crippen LogP contribution in [0.25, 0.3) is 0 Å². The number of halogens is 2. The van der Waals surface area contributed by atoms with Gasteiger partial charge in [0.1, 0.15) is 0 Å². The van der Waals surface area contributed by atoms with Gasteiger partial charge in [-0.1, -0.05) is 0 Å². The fourth-order valence-corrected chi connectivity index (χ4v) is 2.06. The molecule has 2 rings (SSSR count). The zero-order valence-electron chi connectivity index (χ0n) is 10.8. The van der Waals surface area contributed by atoms with Crippen LogP contribution in [0, 0.1) is 22.9 Å². The van der Waals surface area contributed by atoms with Crippen molar-refractivity contribution in [2.45, 2.75) is 12.8 Å². The number of benzene rings is 1. The molecule has 20 heavy (non-hydrogen) atoms. The highest BCUT2D eigenvalue weighted by atomic mass is 35.5. The Labute approximate surface area is 118 Å². The van der Waals surface area contributed by atoms with Gasteiger partial charge in [-0.15, -0.1) is 11.6 Å². The van der Waals surface area contributed by atoms with Crippen molar-refractivity contribution in [2.24, 2.45) is 7.05 Å². The SMILES string of the molecule is Cc1nn(C)c(Oc2ccc([N+](=O)[O-])cc2F)c1CCl. The summed E-state index contributed by atoms with van der Waals surface area (Å²) in [6.07, 6.45) is 0. The van der Waals surface area contributed by atoms with Crippen LogP contribution in [-0.2, 0) is 12.9 Å². The highest BCUT2D eigenvalue weighted by Gasteiger charge is 2.18. The number of hydrogen-bond donors (Lipinski definition) is 0. The zero-order valence-corrected chi connectivity index (χ0v) is 11.5. The molecule has 1 heterocycles. The summed E-state index contributed by atoms with van der Waals surface area (Å²) in [6.45, 7) is 1.76. The number of non-ortho nitro benzene ring substituents is 1. The van der Waals surface area contributed by atoms with Crippen molar-refractivity contribution < 1.29 is 14.1 Å². The molecule has 0 aliphatic heterocycles. The molecule has 106 valence electrons. The standard InChI is InChI=1S/C12H11ClFN3O3/c1-7-9(6-13)12(16(2)15-7)20-11-4-3-8(17(18)19)5-10(11)14/h3-5H,6H2,1-2H3. The maximum Gasteiger partial charge on any atom is 0.272 e. The number of alkyl halides is 1. The van der Waals surface area contributed by atoms with Gasteiger partial charge in [0.2, 0.25) is 5.88 Å². The third kappa shape index (κ3) is 2.57. The van der Waals surface area contributed by atoms with Crippen molar-refractivity contribution in [3.05, 3.63) is 45.4 Å². The van der Waals surface area contributed by atoms with E-state index in [0.29, 0.717) is 17.1 Å². The van der Waals surface area contributed by atoms with Gasteiger partial charge in [-0.2, -0.15) is 5.10 Å². The number of nitro benzene ring substituents is 1. The van der Waals surface area contributed by atoms with E-state index < -0.39 is 10.7 Å². The minimum atomic E-state index is -0.821. The average molecular weight is 300 g/mol. The van der Waals surface area contributed by atoms with Gasteiger partial charge in [0, 0.05) is 13.1 Å². The first-order valence-corrected chi connectivity index (χ1v) is 6.17. The molecule has 0 amide bonds. The second kappa shape index (κ2) is 5.46. The first-order chi connectivity index (χ1) is 9.43. The molecule has 1 aromatic heterocycles. The molecule has 1 aromatic carbocycles. The van der Waals surface area contributed by atoms with Crippen LogP contribution in [0.15, 0.2) is 18.2 Å². The maximum absolute atomic E-state index is 13.8. The van der Waals surface area contributed by atoms with Crippen LogP contribution in [0.3, 0.4) is 0 Å². The Morgan fingerprint density at radius 2 is 2.25 bits per heavy atom. The van der Waals surface area contributed by atoms with Gasteiger partial charge < -0.3 is 4.74 Å². The number of aryl methyl sites for hydroxylation is 2. The minimum Gasteiger partial charge on any atom is -0.436 e. The Kier molecular flexibility index (Phi) is 3.89. The predicted octanol–water partition coefficient (Wildman–Crippen LogP) is 3.31. The lowest BCUT2D eigenvalue weighted by Crippen LogP contribution is -1.98. The number of nitro groups is 1. The molecule has 0 unspecified atom stereocenters. The van der Waals surface area contributed by atoms with Gasteiger partial charge in [-0.05, 0) is 13.0 Å². The Morgan fingerprint density at radius 3 is 2.80 bits per heavy atom. The average Bonchev–Trinajstić information content (AvgIpc) is 2.65. The zero-order chi connectivity index (χ0) is 14.9. The fourth-order valence-electron chi connectivity index (χ4n) is 1.75. The normalized spacial score (nSPS) is 10.6. The van der Waals surface area contributed by atoms with Crippen molar-refractivity contribution in [1.29, 1.82) is 0 Å². The van der Waals surface area contributed by atoms with Crippen LogP contribution < -0.4 is 4.74 Å². The third-order valence-electron chi connectivity index (χ3n) is 2.76. The summed E-state index contributed by atoms with van der Waals surface area (Å²) in [6, 6.07) is 3.18. The van der Waals surface area contributed by atoms with Gasteiger partial charge >= 0.3 is 0 Å². The Balaban J connectivity index is 2.38. The van der Waals surface area contributed by atoms with E-state index in [1.807, 2.05) is 0 Å². The molecular weight excluding hydrogens is 289 g/mol. The molecule has 0 fully saturated rings. The Hall–Kier alpha value is -2.15. The van der Waals surface area contributed by atoms with Crippen LogP contribution in [0.2, 0.25) is 0 Å². The maximum atomic E-state index is 13.8. The number of rotatable bonds is 4. The lowest BCUT2D eigenvalue weighted by Gasteiger charge is -2.08. The van der Waals surface area contributed by atoms with Crippen molar-refractivity contribution >= 4 is 17.3 Å². The molecule has 0 bridgehead atoms. The molecule has 0 saturated carbocycles. The van der Waals surface area contributed by atoms with Crippen LogP contribution >= 0.6 is 11.6 Å². The number of ether oxygens (including phenoxy) is 1. The summed E-state index contributed by atoms with van der Waals surface area (Å²) in [5, 5.41) is 14.7. The van der Waals surface area contributed by atoms with E-state index in [2.05, 4.69) is 5.10 Å². The second-order valence-corrected chi connectivity index (χ2v) is 4.37. The van der Waals surface area contributed by atoms with Crippen molar-refractivity contribution in [1.82, 2.24) is 9.78 Å². The van der Waals surface area contributed by atoms with E-state index in [-0.39, 0.29) is 17.3 Å². The molecule has 0 spiro atoms. The third-order valence-corrected chi connectivity index (χ3v) is 3.02. The van der Waals surface area contributed by atoms with Gasteiger partial charge in [-0.25, -0.2) is 9.07 Å². The number of nitrogens with zero attached hydrogens (tertiary/aromatic N) is 3. The molecule has 0 radical (unpaired) electrons. The molecule has 0 saturated heterocycles. The summed E-state index contributed by atoms with van der Waals surface area (Å²) in [5.74, 6) is -0.461.